The molecule has 0 amide bonds. The fourth-order valence-electron chi connectivity index (χ4n) is 2.32. The molecule has 2 aromatic rings. The first kappa shape index (κ1) is 9.22. The van der Waals surface area contributed by atoms with Crippen LogP contribution in [0.4, 0.5) is 0 Å². The highest BCUT2D eigenvalue weighted by atomic mass is 15.1. The molecule has 3 heterocycles. The number of hydrogen-bond donors (Lipinski definition) is 1. The maximum Gasteiger partial charge on any atom is 0.162 e. The second-order valence-electron chi connectivity index (χ2n) is 4.05. The lowest BCUT2D eigenvalue weighted by Gasteiger charge is -2.16. The Morgan fingerprint density at radius 2 is 2.38 bits per heavy atom. The largest absolute Gasteiger partial charge is 0.367 e. The molecule has 1 aliphatic heterocycles. The van der Waals surface area contributed by atoms with Crippen molar-refractivity contribution >= 4 is 0 Å². The van der Waals surface area contributed by atoms with Crippen LogP contribution in [-0.4, -0.2) is 14.5 Å². The summed E-state index contributed by atoms with van der Waals surface area (Å²) < 4.78 is 2.19. The predicted molar refractivity (Wildman–Crippen MR) is 59.7 cm³/mol. The van der Waals surface area contributed by atoms with Gasteiger partial charge >= 0.3 is 0 Å². The summed E-state index contributed by atoms with van der Waals surface area (Å²) in [6.45, 7) is 0.977. The summed E-state index contributed by atoms with van der Waals surface area (Å²) in [5.74, 6) is 0.924. The molecule has 1 aliphatic rings. The van der Waals surface area contributed by atoms with Crippen molar-refractivity contribution < 1.29 is 0 Å². The molecule has 0 atom stereocenters. The van der Waals surface area contributed by atoms with E-state index in [1.165, 1.54) is 6.42 Å². The normalized spacial score (nSPS) is 14.4. The molecule has 16 heavy (non-hydrogen) atoms. The molecule has 0 saturated heterocycles. The summed E-state index contributed by atoms with van der Waals surface area (Å²) in [5, 5.41) is 9.07. The number of nitrogens with one attached hydrogen (secondary N) is 1. The van der Waals surface area contributed by atoms with Gasteiger partial charge in [0.2, 0.25) is 0 Å². The van der Waals surface area contributed by atoms with Crippen LogP contribution in [-0.2, 0) is 13.0 Å². The van der Waals surface area contributed by atoms with Gasteiger partial charge in [-0.1, -0.05) is 0 Å². The van der Waals surface area contributed by atoms with E-state index in [4.69, 9.17) is 5.26 Å². The Balaban J connectivity index is 2.20. The minimum atomic E-state index is 0.593. The number of fused-ring (bicyclic) bond motifs is 1. The highest BCUT2D eigenvalue weighted by Gasteiger charge is 2.20. The lowest BCUT2D eigenvalue weighted by molar-refractivity contribution is 0.535. The zero-order valence-electron chi connectivity index (χ0n) is 8.90. The second kappa shape index (κ2) is 3.53. The minimum absolute atomic E-state index is 0.593. The summed E-state index contributed by atoms with van der Waals surface area (Å²) in [4.78, 5) is 7.46. The van der Waals surface area contributed by atoms with Gasteiger partial charge in [0.15, 0.2) is 5.69 Å². The van der Waals surface area contributed by atoms with Gasteiger partial charge in [-0.25, -0.2) is 4.98 Å². The van der Waals surface area contributed by atoms with Gasteiger partial charge in [0, 0.05) is 24.5 Å². The van der Waals surface area contributed by atoms with Crippen molar-refractivity contribution in [3.8, 4) is 17.5 Å². The third kappa shape index (κ3) is 1.25. The van der Waals surface area contributed by atoms with Crippen molar-refractivity contribution in [2.24, 2.45) is 0 Å². The molecule has 3 rings (SSSR count). The van der Waals surface area contributed by atoms with E-state index >= 15 is 0 Å². The van der Waals surface area contributed by atoms with Crippen molar-refractivity contribution in [3.63, 3.8) is 0 Å². The van der Waals surface area contributed by atoms with Crippen LogP contribution < -0.4 is 0 Å². The van der Waals surface area contributed by atoms with Crippen molar-refractivity contribution in [2.75, 3.05) is 0 Å². The standard InChI is InChI=1S/C12H12N4/c13-7-10-11-3-1-2-6-16(11)12(15-10)9-4-5-14-8-9/h4-5,8,14H,1-3,6H2. The molecule has 0 fully saturated rings. The van der Waals surface area contributed by atoms with E-state index in [2.05, 4.69) is 20.6 Å². The molecule has 0 unspecified atom stereocenters. The number of H-pyrrole nitrogens is 1. The predicted octanol–water partition coefficient (Wildman–Crippen LogP) is 2.09. The summed E-state index contributed by atoms with van der Waals surface area (Å²) in [5.41, 5.74) is 2.76. The third-order valence-corrected chi connectivity index (χ3v) is 3.08. The number of nitrogens with zero attached hydrogens (tertiary/aromatic N) is 3. The van der Waals surface area contributed by atoms with E-state index in [-0.39, 0.29) is 0 Å². The third-order valence-electron chi connectivity index (χ3n) is 3.08. The van der Waals surface area contributed by atoms with Gasteiger partial charge in [0.25, 0.3) is 0 Å². The van der Waals surface area contributed by atoms with E-state index in [9.17, 15) is 0 Å². The first-order valence-corrected chi connectivity index (χ1v) is 5.53. The minimum Gasteiger partial charge on any atom is -0.367 e. The smallest absolute Gasteiger partial charge is 0.162 e. The Bertz CT molecular complexity index is 542. The Labute approximate surface area is 93.5 Å². The summed E-state index contributed by atoms with van der Waals surface area (Å²) >= 11 is 0. The summed E-state index contributed by atoms with van der Waals surface area (Å²) in [7, 11) is 0. The van der Waals surface area contributed by atoms with Gasteiger partial charge in [-0.3, -0.25) is 0 Å². The quantitative estimate of drug-likeness (QED) is 0.786. The molecule has 4 heteroatoms. The molecule has 0 aromatic carbocycles. The molecule has 0 aliphatic carbocycles. The highest BCUT2D eigenvalue weighted by Crippen LogP contribution is 2.26. The summed E-state index contributed by atoms with van der Waals surface area (Å²) in [6.07, 6.45) is 7.11. The van der Waals surface area contributed by atoms with E-state index in [1.807, 2.05) is 18.5 Å². The molecule has 80 valence electrons. The van der Waals surface area contributed by atoms with Crippen LogP contribution >= 0.6 is 0 Å². The monoisotopic (exact) mass is 212 g/mol. The lowest BCUT2D eigenvalue weighted by Crippen LogP contribution is -2.11. The van der Waals surface area contributed by atoms with E-state index in [0.717, 1.165) is 36.5 Å². The van der Waals surface area contributed by atoms with Crippen LogP contribution in [0.15, 0.2) is 18.5 Å². The number of aromatic nitrogens is 3. The SMILES string of the molecule is N#Cc1nc(-c2cc[nH]c2)n2c1CCCC2. The summed E-state index contributed by atoms with van der Waals surface area (Å²) in [6, 6.07) is 4.19. The number of nitriles is 1. The van der Waals surface area contributed by atoms with Crippen LogP contribution in [0, 0.1) is 11.3 Å². The second-order valence-corrected chi connectivity index (χ2v) is 4.05. The number of rotatable bonds is 1. The molecule has 0 spiro atoms. The van der Waals surface area contributed by atoms with Crippen molar-refractivity contribution in [1.82, 2.24) is 14.5 Å². The van der Waals surface area contributed by atoms with Crippen molar-refractivity contribution in [3.05, 3.63) is 29.8 Å². The Kier molecular flexibility index (Phi) is 2.03. The molecule has 0 radical (unpaired) electrons. The van der Waals surface area contributed by atoms with Crippen LogP contribution in [0.1, 0.15) is 24.2 Å². The van der Waals surface area contributed by atoms with Gasteiger partial charge in [0.1, 0.15) is 11.9 Å². The van der Waals surface area contributed by atoms with Crippen molar-refractivity contribution in [2.45, 2.75) is 25.8 Å². The van der Waals surface area contributed by atoms with E-state index < -0.39 is 0 Å². The zero-order chi connectivity index (χ0) is 11.0. The van der Waals surface area contributed by atoms with Crippen molar-refractivity contribution in [1.29, 1.82) is 5.26 Å². The molecular formula is C12H12N4. The van der Waals surface area contributed by atoms with Gasteiger partial charge < -0.3 is 9.55 Å². The molecule has 2 aromatic heterocycles. The number of imidazole rings is 1. The van der Waals surface area contributed by atoms with Crippen LogP contribution in [0.2, 0.25) is 0 Å². The number of aromatic amines is 1. The molecule has 0 bridgehead atoms. The average molecular weight is 212 g/mol. The zero-order valence-corrected chi connectivity index (χ0v) is 8.90. The molecule has 4 nitrogen and oxygen atoms in total. The number of hydrogen-bond acceptors (Lipinski definition) is 2. The van der Waals surface area contributed by atoms with E-state index in [1.54, 1.807) is 0 Å². The van der Waals surface area contributed by atoms with Gasteiger partial charge in [-0.2, -0.15) is 5.26 Å². The van der Waals surface area contributed by atoms with Gasteiger partial charge in [0.05, 0.1) is 5.69 Å². The van der Waals surface area contributed by atoms with Crippen LogP contribution in [0.5, 0.6) is 0 Å². The average Bonchev–Trinajstić information content (AvgIpc) is 2.95. The molecule has 0 saturated carbocycles. The first-order valence-electron chi connectivity index (χ1n) is 5.53. The highest BCUT2D eigenvalue weighted by molar-refractivity contribution is 5.57. The lowest BCUT2D eigenvalue weighted by atomic mass is 10.1. The molecular weight excluding hydrogens is 200 g/mol. The van der Waals surface area contributed by atoms with Gasteiger partial charge in [-0.15, -0.1) is 0 Å². The van der Waals surface area contributed by atoms with E-state index in [0.29, 0.717) is 5.69 Å². The fraction of sp³-hybridized carbons (Fsp3) is 0.333. The maximum absolute atomic E-state index is 9.07. The fourth-order valence-corrected chi connectivity index (χ4v) is 2.32. The Morgan fingerprint density at radius 3 is 3.12 bits per heavy atom. The Morgan fingerprint density at radius 1 is 1.44 bits per heavy atom. The van der Waals surface area contributed by atoms with Crippen LogP contribution in [0.3, 0.4) is 0 Å². The van der Waals surface area contributed by atoms with Gasteiger partial charge in [-0.05, 0) is 25.3 Å². The van der Waals surface area contributed by atoms with Crippen LogP contribution in [0.25, 0.3) is 11.4 Å². The maximum atomic E-state index is 9.07. The Hall–Kier alpha value is -2.02. The first-order chi connectivity index (χ1) is 7.90. The topological polar surface area (TPSA) is 57.4 Å². The molecule has 1 N–H and O–H groups in total.